The van der Waals surface area contributed by atoms with Crippen LogP contribution in [0.15, 0.2) is 9.21 Å². The summed E-state index contributed by atoms with van der Waals surface area (Å²) < 4.78 is 5.57. The first-order valence-electron chi connectivity index (χ1n) is 8.13. The number of nitrogens with one attached hydrogen (secondary N) is 2. The number of aryl methyl sites for hydroxylation is 2. The lowest BCUT2D eigenvalue weighted by Gasteiger charge is -2.33. The second-order valence-electron chi connectivity index (χ2n) is 6.21. The number of piperazine rings is 1. The number of rotatable bonds is 3. The zero-order valence-corrected chi connectivity index (χ0v) is 14.5. The van der Waals surface area contributed by atoms with Gasteiger partial charge in [0.05, 0.1) is 17.6 Å². The molecule has 1 aliphatic rings. The quantitative estimate of drug-likeness (QED) is 0.822. The van der Waals surface area contributed by atoms with E-state index in [0.29, 0.717) is 48.4 Å². The zero-order chi connectivity index (χ0) is 18.1. The van der Waals surface area contributed by atoms with Crippen LogP contribution in [0.25, 0.3) is 10.8 Å². The summed E-state index contributed by atoms with van der Waals surface area (Å²) >= 11 is 0. The second kappa shape index (κ2) is 6.67. The first kappa shape index (κ1) is 17.2. The highest BCUT2D eigenvalue weighted by molar-refractivity contribution is 6.01. The topological polar surface area (TPSA) is 112 Å². The van der Waals surface area contributed by atoms with Gasteiger partial charge >= 0.3 is 0 Å². The van der Waals surface area contributed by atoms with E-state index in [1.807, 2.05) is 4.90 Å². The van der Waals surface area contributed by atoms with Crippen molar-refractivity contribution >= 4 is 28.5 Å². The first-order chi connectivity index (χ1) is 11.9. The van der Waals surface area contributed by atoms with Crippen molar-refractivity contribution in [1.82, 2.24) is 20.0 Å². The van der Waals surface area contributed by atoms with Crippen molar-refractivity contribution < 1.29 is 14.0 Å². The Morgan fingerprint density at radius 2 is 1.88 bits per heavy atom. The van der Waals surface area contributed by atoms with Gasteiger partial charge in [-0.3, -0.25) is 24.6 Å². The molecule has 3 heterocycles. The molecule has 0 aromatic carbocycles. The van der Waals surface area contributed by atoms with Gasteiger partial charge in [0.2, 0.25) is 17.7 Å². The summed E-state index contributed by atoms with van der Waals surface area (Å²) in [6, 6.07) is 0. The predicted molar refractivity (Wildman–Crippen MR) is 91.4 cm³/mol. The molecule has 1 saturated heterocycles. The van der Waals surface area contributed by atoms with E-state index in [-0.39, 0.29) is 24.2 Å². The molecule has 0 saturated carbocycles. The van der Waals surface area contributed by atoms with E-state index in [2.05, 4.69) is 15.5 Å². The van der Waals surface area contributed by atoms with E-state index >= 15 is 0 Å². The molecule has 2 aromatic rings. The van der Waals surface area contributed by atoms with Crippen LogP contribution in [0.3, 0.4) is 0 Å². The van der Waals surface area contributed by atoms with Crippen LogP contribution < -0.4 is 10.9 Å². The highest BCUT2D eigenvalue weighted by atomic mass is 16.4. The normalized spacial score (nSPS) is 15.6. The number of carbonyl (C=O) groups is 2. The Kier molecular flexibility index (Phi) is 4.58. The number of nitrogens with zero attached hydrogens (tertiary/aromatic N) is 3. The number of aromatic amines is 1. The molecular weight excluding hydrogens is 326 g/mol. The van der Waals surface area contributed by atoms with Crippen LogP contribution in [0.4, 0.5) is 5.88 Å². The van der Waals surface area contributed by atoms with Gasteiger partial charge in [0.1, 0.15) is 11.1 Å². The largest absolute Gasteiger partial charge is 0.444 e. The Morgan fingerprint density at radius 3 is 2.52 bits per heavy atom. The monoisotopic (exact) mass is 347 g/mol. The smallest absolute Gasteiger partial charge is 0.277 e. The van der Waals surface area contributed by atoms with Gasteiger partial charge in [-0.15, -0.1) is 0 Å². The molecular formula is C16H21N5O4. The summed E-state index contributed by atoms with van der Waals surface area (Å²) in [5, 5.41) is 9.93. The average Bonchev–Trinajstić information content (AvgIpc) is 2.89. The van der Waals surface area contributed by atoms with E-state index < -0.39 is 5.56 Å². The van der Waals surface area contributed by atoms with Gasteiger partial charge in [0.25, 0.3) is 5.56 Å². The summed E-state index contributed by atoms with van der Waals surface area (Å²) in [7, 11) is 0. The van der Waals surface area contributed by atoms with E-state index in [4.69, 9.17) is 4.42 Å². The van der Waals surface area contributed by atoms with Crippen LogP contribution in [-0.2, 0) is 9.59 Å². The van der Waals surface area contributed by atoms with Crippen molar-refractivity contribution in [3.05, 3.63) is 21.8 Å². The third kappa shape index (κ3) is 3.41. The fourth-order valence-corrected chi connectivity index (χ4v) is 3.12. The summed E-state index contributed by atoms with van der Waals surface area (Å²) in [5.41, 5.74) is 0.236. The predicted octanol–water partition coefficient (Wildman–Crippen LogP) is 0.236. The van der Waals surface area contributed by atoms with E-state index in [0.717, 1.165) is 0 Å². The minimum absolute atomic E-state index is 0.0461. The van der Waals surface area contributed by atoms with E-state index in [9.17, 15) is 14.4 Å². The molecule has 1 fully saturated rings. The Balaban J connectivity index is 1.70. The maximum Gasteiger partial charge on any atom is 0.277 e. The van der Waals surface area contributed by atoms with Gasteiger partial charge in [-0.1, -0.05) is 0 Å². The molecule has 25 heavy (non-hydrogen) atoms. The number of hydrogen-bond acceptors (Lipinski definition) is 6. The fraction of sp³-hybridized carbons (Fsp3) is 0.500. The summed E-state index contributed by atoms with van der Waals surface area (Å²) in [5.74, 6) is 0.466. The number of anilines is 1. The molecule has 1 aliphatic heterocycles. The lowest BCUT2D eigenvalue weighted by molar-refractivity contribution is -0.130. The maximum absolute atomic E-state index is 12.3. The Morgan fingerprint density at radius 1 is 1.20 bits per heavy atom. The second-order valence-corrected chi connectivity index (χ2v) is 6.21. The SMILES string of the molecule is CC(=O)N1CCN(CC(=O)Nc2oc(C)c3c(C)n[nH]c(=O)c23)CC1. The Labute approximate surface area is 144 Å². The van der Waals surface area contributed by atoms with Crippen molar-refractivity contribution in [2.24, 2.45) is 0 Å². The Hall–Kier alpha value is -2.68. The molecule has 134 valence electrons. The van der Waals surface area contributed by atoms with E-state index in [1.54, 1.807) is 25.7 Å². The van der Waals surface area contributed by atoms with Crippen molar-refractivity contribution in [3.63, 3.8) is 0 Å². The minimum Gasteiger partial charge on any atom is -0.444 e. The van der Waals surface area contributed by atoms with Crippen LogP contribution in [0.5, 0.6) is 0 Å². The third-order valence-corrected chi connectivity index (χ3v) is 4.44. The molecule has 9 heteroatoms. The first-order valence-corrected chi connectivity index (χ1v) is 8.13. The van der Waals surface area contributed by atoms with Gasteiger partial charge in [-0.05, 0) is 13.8 Å². The molecule has 0 atom stereocenters. The van der Waals surface area contributed by atoms with Crippen LogP contribution in [0, 0.1) is 13.8 Å². The number of aromatic nitrogens is 2. The maximum atomic E-state index is 12.3. The third-order valence-electron chi connectivity index (χ3n) is 4.44. The highest BCUT2D eigenvalue weighted by Crippen LogP contribution is 2.28. The standard InChI is InChI=1S/C16H21N5O4/c1-9-13-10(2)25-16(14(13)15(24)19-18-9)17-12(23)8-20-4-6-21(7-5-20)11(3)22/h4-8H2,1-3H3,(H,17,23)(H,19,24). The molecule has 3 rings (SSSR count). The van der Waals surface area contributed by atoms with Gasteiger partial charge in [-0.25, -0.2) is 5.10 Å². The summed E-state index contributed by atoms with van der Waals surface area (Å²) in [6.45, 7) is 7.69. The minimum atomic E-state index is -0.400. The number of amides is 2. The van der Waals surface area contributed by atoms with Gasteiger partial charge in [-0.2, -0.15) is 5.10 Å². The zero-order valence-electron chi connectivity index (χ0n) is 14.5. The number of H-pyrrole nitrogens is 1. The van der Waals surface area contributed by atoms with Crippen LogP contribution in [-0.4, -0.2) is 64.5 Å². The molecule has 2 amide bonds. The van der Waals surface area contributed by atoms with Gasteiger partial charge < -0.3 is 9.32 Å². The van der Waals surface area contributed by atoms with Crippen molar-refractivity contribution in [2.45, 2.75) is 20.8 Å². The molecule has 0 spiro atoms. The fourth-order valence-electron chi connectivity index (χ4n) is 3.12. The molecule has 0 unspecified atom stereocenters. The van der Waals surface area contributed by atoms with Crippen LogP contribution in [0.2, 0.25) is 0 Å². The van der Waals surface area contributed by atoms with Gasteiger partial charge in [0.15, 0.2) is 0 Å². The van der Waals surface area contributed by atoms with E-state index in [1.165, 1.54) is 0 Å². The molecule has 0 bridgehead atoms. The van der Waals surface area contributed by atoms with Crippen molar-refractivity contribution in [3.8, 4) is 0 Å². The number of furan rings is 1. The van der Waals surface area contributed by atoms with Gasteiger partial charge in [0, 0.05) is 33.1 Å². The molecule has 0 aliphatic carbocycles. The van der Waals surface area contributed by atoms with Crippen LogP contribution in [0.1, 0.15) is 18.4 Å². The van der Waals surface area contributed by atoms with Crippen LogP contribution >= 0.6 is 0 Å². The molecule has 2 aromatic heterocycles. The number of hydrogen-bond donors (Lipinski definition) is 2. The molecule has 2 N–H and O–H groups in total. The average molecular weight is 347 g/mol. The summed E-state index contributed by atoms with van der Waals surface area (Å²) in [6.07, 6.45) is 0. The number of fused-ring (bicyclic) bond motifs is 1. The molecule has 9 nitrogen and oxygen atoms in total. The van der Waals surface area contributed by atoms with Crippen molar-refractivity contribution in [2.75, 3.05) is 38.0 Å². The summed E-state index contributed by atoms with van der Waals surface area (Å²) in [4.78, 5) is 39.4. The highest BCUT2D eigenvalue weighted by Gasteiger charge is 2.22. The lowest BCUT2D eigenvalue weighted by Crippen LogP contribution is -2.49. The van der Waals surface area contributed by atoms with Crippen molar-refractivity contribution in [1.29, 1.82) is 0 Å². The lowest BCUT2D eigenvalue weighted by atomic mass is 10.2. The molecule has 0 radical (unpaired) electrons. The Bertz CT molecular complexity index is 877. The number of carbonyl (C=O) groups excluding carboxylic acids is 2.